The second kappa shape index (κ2) is 10.5. The Kier molecular flexibility index (Phi) is 7.71. The van der Waals surface area contributed by atoms with Gasteiger partial charge in [0, 0.05) is 30.9 Å². The maximum Gasteiger partial charge on any atom is 0.262 e. The highest BCUT2D eigenvalue weighted by Gasteiger charge is 2.35. The summed E-state index contributed by atoms with van der Waals surface area (Å²) < 4.78 is 5.60. The molecule has 2 aromatic carbocycles. The summed E-state index contributed by atoms with van der Waals surface area (Å²) in [5.74, 6) is -0.579. The zero-order chi connectivity index (χ0) is 24.1. The van der Waals surface area contributed by atoms with Gasteiger partial charge in [-0.05, 0) is 63.1 Å². The fourth-order valence-corrected chi connectivity index (χ4v) is 3.95. The lowest BCUT2D eigenvalue weighted by atomic mass is 10.1. The van der Waals surface area contributed by atoms with Crippen molar-refractivity contribution in [2.45, 2.75) is 40.2 Å². The van der Waals surface area contributed by atoms with Gasteiger partial charge in [-0.3, -0.25) is 14.4 Å². The van der Waals surface area contributed by atoms with Crippen molar-refractivity contribution in [1.82, 2.24) is 5.32 Å². The number of aryl methyl sites for hydroxylation is 3. The second-order valence-corrected chi connectivity index (χ2v) is 8.60. The first-order valence-corrected chi connectivity index (χ1v) is 11.0. The van der Waals surface area contributed by atoms with Gasteiger partial charge in [-0.2, -0.15) is 0 Å². The highest BCUT2D eigenvalue weighted by atomic mass is 16.5. The number of hydrogen-bond donors (Lipinski definition) is 3. The van der Waals surface area contributed by atoms with E-state index in [0.717, 1.165) is 22.4 Å². The summed E-state index contributed by atoms with van der Waals surface area (Å²) >= 11 is 0. The quantitative estimate of drug-likeness (QED) is 0.569. The van der Waals surface area contributed by atoms with Crippen LogP contribution in [0.1, 0.15) is 30.0 Å². The molecule has 2 aromatic rings. The van der Waals surface area contributed by atoms with Crippen molar-refractivity contribution in [3.63, 3.8) is 0 Å². The molecule has 33 heavy (non-hydrogen) atoms. The summed E-state index contributed by atoms with van der Waals surface area (Å²) in [4.78, 5) is 38.5. The third kappa shape index (κ3) is 6.32. The molecule has 2 atom stereocenters. The van der Waals surface area contributed by atoms with Crippen LogP contribution in [-0.4, -0.2) is 48.6 Å². The molecular weight excluding hydrogens is 422 g/mol. The minimum Gasteiger partial charge on any atom is -0.484 e. The first-order valence-electron chi connectivity index (χ1n) is 11.0. The van der Waals surface area contributed by atoms with E-state index in [1.54, 1.807) is 36.1 Å². The molecule has 0 unspecified atom stereocenters. The molecular formula is C25H31N3O5. The number of amides is 3. The maximum atomic E-state index is 12.4. The predicted octanol–water partition coefficient (Wildman–Crippen LogP) is 2.48. The number of anilines is 2. The van der Waals surface area contributed by atoms with Crippen molar-refractivity contribution >= 4 is 29.1 Å². The van der Waals surface area contributed by atoms with E-state index in [2.05, 4.69) is 10.6 Å². The average molecular weight is 454 g/mol. The number of ether oxygens (including phenoxy) is 1. The monoisotopic (exact) mass is 453 g/mol. The lowest BCUT2D eigenvalue weighted by Crippen LogP contribution is -2.36. The van der Waals surface area contributed by atoms with E-state index >= 15 is 0 Å². The highest BCUT2D eigenvalue weighted by Crippen LogP contribution is 2.27. The molecule has 0 bridgehead atoms. The van der Waals surface area contributed by atoms with Crippen LogP contribution < -0.4 is 20.3 Å². The standard InChI is InChI=1S/C25H31N3O5/c1-15-9-16(2)24(17(3)10-15)27-22(30)14-33-21-7-5-20(6-8-21)28-13-19(11-23(28)31)25(32)26-12-18(4)29/h5-10,18-19,29H,11-14H2,1-4H3,(H,26,32)(H,27,30)/t18-,19+/m0/s1. The van der Waals surface area contributed by atoms with Crippen molar-refractivity contribution in [2.24, 2.45) is 5.92 Å². The number of aliphatic hydroxyl groups excluding tert-OH is 1. The molecule has 1 aliphatic heterocycles. The van der Waals surface area contributed by atoms with Gasteiger partial charge < -0.3 is 25.4 Å². The van der Waals surface area contributed by atoms with Gasteiger partial charge >= 0.3 is 0 Å². The smallest absolute Gasteiger partial charge is 0.262 e. The van der Waals surface area contributed by atoms with Crippen LogP contribution in [0.25, 0.3) is 0 Å². The molecule has 0 aliphatic carbocycles. The van der Waals surface area contributed by atoms with Crippen LogP contribution in [0.15, 0.2) is 36.4 Å². The summed E-state index contributed by atoms with van der Waals surface area (Å²) in [6.45, 7) is 7.81. The Morgan fingerprint density at radius 1 is 1.15 bits per heavy atom. The Hall–Kier alpha value is -3.39. The Labute approximate surface area is 193 Å². The van der Waals surface area contributed by atoms with Gasteiger partial charge in [0.05, 0.1) is 12.0 Å². The van der Waals surface area contributed by atoms with E-state index in [9.17, 15) is 19.5 Å². The first kappa shape index (κ1) is 24.3. The van der Waals surface area contributed by atoms with Crippen LogP contribution in [0.2, 0.25) is 0 Å². The van der Waals surface area contributed by atoms with E-state index in [-0.39, 0.29) is 43.8 Å². The van der Waals surface area contributed by atoms with Crippen LogP contribution in [0.4, 0.5) is 11.4 Å². The molecule has 3 N–H and O–H groups in total. The molecule has 1 fully saturated rings. The topological polar surface area (TPSA) is 108 Å². The van der Waals surface area contributed by atoms with Crippen LogP contribution in [0.3, 0.4) is 0 Å². The summed E-state index contributed by atoms with van der Waals surface area (Å²) in [5, 5.41) is 14.9. The van der Waals surface area contributed by atoms with E-state index in [1.807, 2.05) is 32.9 Å². The number of hydrogen-bond acceptors (Lipinski definition) is 5. The van der Waals surface area contributed by atoms with Crippen molar-refractivity contribution < 1.29 is 24.2 Å². The average Bonchev–Trinajstić information content (AvgIpc) is 3.15. The molecule has 1 saturated heterocycles. The second-order valence-electron chi connectivity index (χ2n) is 8.60. The summed E-state index contributed by atoms with van der Waals surface area (Å²) in [6, 6.07) is 10.9. The molecule has 8 nitrogen and oxygen atoms in total. The highest BCUT2D eigenvalue weighted by molar-refractivity contribution is 6.00. The Morgan fingerprint density at radius 3 is 2.39 bits per heavy atom. The fourth-order valence-electron chi connectivity index (χ4n) is 3.95. The summed E-state index contributed by atoms with van der Waals surface area (Å²) in [5.41, 5.74) is 4.59. The van der Waals surface area contributed by atoms with E-state index in [0.29, 0.717) is 11.4 Å². The van der Waals surface area contributed by atoms with Crippen molar-refractivity contribution in [3.8, 4) is 5.75 Å². The number of carbonyl (C=O) groups is 3. The van der Waals surface area contributed by atoms with Gasteiger partial charge in [0.15, 0.2) is 6.61 Å². The van der Waals surface area contributed by atoms with Gasteiger partial charge in [-0.1, -0.05) is 17.7 Å². The predicted molar refractivity (Wildman–Crippen MR) is 126 cm³/mol. The minimum atomic E-state index is -0.637. The normalized spacial score (nSPS) is 16.5. The zero-order valence-electron chi connectivity index (χ0n) is 19.5. The fraction of sp³-hybridized carbons (Fsp3) is 0.400. The number of nitrogens with one attached hydrogen (secondary N) is 2. The molecule has 0 spiro atoms. The number of benzene rings is 2. The molecule has 1 heterocycles. The molecule has 8 heteroatoms. The Morgan fingerprint density at radius 2 is 1.79 bits per heavy atom. The number of rotatable bonds is 8. The van der Waals surface area contributed by atoms with Crippen molar-refractivity contribution in [3.05, 3.63) is 53.1 Å². The molecule has 0 aromatic heterocycles. The summed E-state index contributed by atoms with van der Waals surface area (Å²) in [7, 11) is 0. The molecule has 3 rings (SSSR count). The number of nitrogens with zero attached hydrogens (tertiary/aromatic N) is 1. The molecule has 1 aliphatic rings. The Bertz CT molecular complexity index is 1010. The first-order chi connectivity index (χ1) is 15.6. The SMILES string of the molecule is Cc1cc(C)c(NC(=O)COc2ccc(N3C[C@H](C(=O)NC[C@H](C)O)CC3=O)cc2)c(C)c1. The van der Waals surface area contributed by atoms with Gasteiger partial charge in [0.2, 0.25) is 11.8 Å². The van der Waals surface area contributed by atoms with Crippen LogP contribution in [-0.2, 0) is 14.4 Å². The molecule has 0 radical (unpaired) electrons. The largest absolute Gasteiger partial charge is 0.484 e. The van der Waals surface area contributed by atoms with Crippen molar-refractivity contribution in [1.29, 1.82) is 0 Å². The van der Waals surface area contributed by atoms with Gasteiger partial charge in [-0.15, -0.1) is 0 Å². The molecule has 0 saturated carbocycles. The molecule has 176 valence electrons. The van der Waals surface area contributed by atoms with Crippen LogP contribution in [0.5, 0.6) is 5.75 Å². The lowest BCUT2D eigenvalue weighted by molar-refractivity contribution is -0.126. The third-order valence-electron chi connectivity index (χ3n) is 5.53. The van der Waals surface area contributed by atoms with Crippen molar-refractivity contribution in [2.75, 3.05) is 29.9 Å². The Balaban J connectivity index is 1.54. The van der Waals surface area contributed by atoms with E-state index in [1.165, 1.54) is 0 Å². The third-order valence-corrected chi connectivity index (χ3v) is 5.53. The number of aliphatic hydroxyl groups is 1. The van der Waals surface area contributed by atoms with E-state index in [4.69, 9.17) is 4.74 Å². The van der Waals surface area contributed by atoms with Gasteiger partial charge in [-0.25, -0.2) is 0 Å². The lowest BCUT2D eigenvalue weighted by Gasteiger charge is -2.17. The van der Waals surface area contributed by atoms with Crippen LogP contribution >= 0.6 is 0 Å². The minimum absolute atomic E-state index is 0.127. The maximum absolute atomic E-state index is 12.4. The van der Waals surface area contributed by atoms with Crippen LogP contribution in [0, 0.1) is 26.7 Å². The molecule has 3 amide bonds. The summed E-state index contributed by atoms with van der Waals surface area (Å²) in [6.07, 6.45) is -0.510. The van der Waals surface area contributed by atoms with Gasteiger partial charge in [0.25, 0.3) is 5.91 Å². The zero-order valence-corrected chi connectivity index (χ0v) is 19.5. The number of carbonyl (C=O) groups excluding carboxylic acids is 3. The van der Waals surface area contributed by atoms with Gasteiger partial charge in [0.1, 0.15) is 5.75 Å². The van der Waals surface area contributed by atoms with E-state index < -0.39 is 12.0 Å².